The monoisotopic (exact) mass is 421 g/mol. The average molecular weight is 422 g/mol. The van der Waals surface area contributed by atoms with Gasteiger partial charge in [-0.2, -0.15) is 5.10 Å². The maximum atomic E-state index is 13.2. The Kier molecular flexibility index (Phi) is 6.13. The minimum atomic E-state index is -0.241. The number of likely N-dealkylation sites (N-methyl/N-ethyl adjacent to an activating group) is 1. The molecule has 7 nitrogen and oxygen atoms in total. The van der Waals surface area contributed by atoms with Crippen molar-refractivity contribution in [1.29, 1.82) is 0 Å². The lowest BCUT2D eigenvalue weighted by Crippen LogP contribution is -2.44. The molecule has 1 aliphatic heterocycles. The molecule has 0 aliphatic carbocycles. The molecule has 0 saturated carbocycles. The summed E-state index contributed by atoms with van der Waals surface area (Å²) in [5.74, 6) is -0.279. The molecule has 1 fully saturated rings. The van der Waals surface area contributed by atoms with Crippen LogP contribution in [-0.2, 0) is 6.42 Å². The molecule has 1 aliphatic rings. The molecule has 164 valence electrons. The van der Waals surface area contributed by atoms with Gasteiger partial charge in [-0.3, -0.25) is 9.89 Å². The summed E-state index contributed by atoms with van der Waals surface area (Å²) >= 11 is 0. The predicted octanol–water partition coefficient (Wildman–Crippen LogP) is 3.64. The van der Waals surface area contributed by atoms with Crippen molar-refractivity contribution >= 4 is 28.2 Å². The van der Waals surface area contributed by atoms with Gasteiger partial charge in [0.25, 0.3) is 5.91 Å². The minimum absolute atomic E-state index is 0.0379. The van der Waals surface area contributed by atoms with E-state index < -0.39 is 0 Å². The highest BCUT2D eigenvalue weighted by Crippen LogP contribution is 2.29. The third-order valence-electron chi connectivity index (χ3n) is 6.17. The van der Waals surface area contributed by atoms with Crippen molar-refractivity contribution in [3.05, 3.63) is 47.7 Å². The average Bonchev–Trinajstić information content (AvgIpc) is 3.18. The molecule has 0 spiro atoms. The van der Waals surface area contributed by atoms with Crippen molar-refractivity contribution in [1.82, 2.24) is 15.1 Å². The molecule has 1 aromatic heterocycles. The first kappa shape index (κ1) is 21.2. The second-order valence-electron chi connectivity index (χ2n) is 8.36. The van der Waals surface area contributed by atoms with Gasteiger partial charge in [0.1, 0.15) is 5.75 Å². The van der Waals surface area contributed by atoms with Crippen molar-refractivity contribution in [3.63, 3.8) is 0 Å². The minimum Gasteiger partial charge on any atom is -0.507 e. The van der Waals surface area contributed by atoms with E-state index >= 15 is 0 Å². The van der Waals surface area contributed by atoms with Crippen molar-refractivity contribution in [2.75, 3.05) is 50.1 Å². The fourth-order valence-corrected chi connectivity index (χ4v) is 4.06. The number of hydrogen-bond donors (Lipinski definition) is 2. The Bertz CT molecular complexity index is 1050. The number of aromatic hydroxyl groups is 1. The van der Waals surface area contributed by atoms with Gasteiger partial charge in [-0.25, -0.2) is 0 Å². The molecular formula is C24H31N5O2. The second kappa shape index (κ2) is 8.98. The highest BCUT2D eigenvalue weighted by atomic mass is 16.3. The van der Waals surface area contributed by atoms with Crippen LogP contribution in [-0.4, -0.2) is 66.4 Å². The van der Waals surface area contributed by atoms with Gasteiger partial charge < -0.3 is 19.8 Å². The number of aromatic nitrogens is 2. The predicted molar refractivity (Wildman–Crippen MR) is 125 cm³/mol. The first-order chi connectivity index (χ1) is 15.0. The van der Waals surface area contributed by atoms with Crippen molar-refractivity contribution in [3.8, 4) is 5.75 Å². The number of nitrogens with zero attached hydrogens (tertiary/aromatic N) is 4. The molecule has 4 rings (SSSR count). The number of hydrogen-bond acceptors (Lipinski definition) is 5. The number of unbranched alkanes of at least 4 members (excludes halogenated alkanes) is 1. The number of carbonyl (C=O) groups excluding carboxylic acids is 1. The van der Waals surface area contributed by atoms with E-state index in [0.717, 1.165) is 67.7 Å². The van der Waals surface area contributed by atoms with Crippen LogP contribution in [0.1, 0.15) is 35.8 Å². The van der Waals surface area contributed by atoms with Crippen molar-refractivity contribution in [2.45, 2.75) is 26.2 Å². The topological polar surface area (TPSA) is 75.7 Å². The van der Waals surface area contributed by atoms with E-state index in [1.807, 2.05) is 12.1 Å². The number of phenols is 1. The van der Waals surface area contributed by atoms with E-state index in [4.69, 9.17) is 0 Å². The summed E-state index contributed by atoms with van der Waals surface area (Å²) in [5.41, 5.74) is 3.93. The summed E-state index contributed by atoms with van der Waals surface area (Å²) in [4.78, 5) is 19.5. The van der Waals surface area contributed by atoms with Crippen molar-refractivity contribution in [2.24, 2.45) is 0 Å². The number of piperazine rings is 1. The highest BCUT2D eigenvalue weighted by molar-refractivity contribution is 6.09. The molecule has 1 amide bonds. The van der Waals surface area contributed by atoms with Crippen LogP contribution in [0.4, 0.5) is 11.4 Å². The molecule has 0 bridgehead atoms. The summed E-state index contributed by atoms with van der Waals surface area (Å²) in [6.45, 7) is 6.25. The van der Waals surface area contributed by atoms with Gasteiger partial charge in [-0.05, 0) is 50.2 Å². The van der Waals surface area contributed by atoms with E-state index in [-0.39, 0.29) is 17.2 Å². The van der Waals surface area contributed by atoms with Gasteiger partial charge in [0, 0.05) is 56.1 Å². The number of phenolic OH excluding ortho intramolecular Hbond substituents is 1. The number of rotatable bonds is 6. The van der Waals surface area contributed by atoms with Gasteiger partial charge in [-0.15, -0.1) is 0 Å². The number of nitrogens with one attached hydrogen (secondary N) is 1. The number of aryl methyl sites for hydroxylation is 1. The smallest absolute Gasteiger partial charge is 0.261 e. The summed E-state index contributed by atoms with van der Waals surface area (Å²) in [5, 5.41) is 18.7. The van der Waals surface area contributed by atoms with E-state index in [1.165, 1.54) is 5.69 Å². The lowest BCUT2D eigenvalue weighted by Gasteiger charge is -2.34. The molecule has 2 N–H and O–H groups in total. The highest BCUT2D eigenvalue weighted by Gasteiger charge is 2.21. The Hall–Kier alpha value is -3.06. The number of H-pyrrole nitrogens is 1. The molecule has 0 unspecified atom stereocenters. The first-order valence-electron chi connectivity index (χ1n) is 11.0. The molecule has 2 aromatic carbocycles. The van der Waals surface area contributed by atoms with Crippen LogP contribution in [0.25, 0.3) is 10.9 Å². The molecule has 7 heteroatoms. The Balaban J connectivity index is 1.54. The van der Waals surface area contributed by atoms with Crippen LogP contribution in [0, 0.1) is 0 Å². The summed E-state index contributed by atoms with van der Waals surface area (Å²) < 4.78 is 0. The number of aromatic amines is 1. The van der Waals surface area contributed by atoms with Gasteiger partial charge in [0.2, 0.25) is 0 Å². The van der Waals surface area contributed by atoms with Gasteiger partial charge >= 0.3 is 0 Å². The van der Waals surface area contributed by atoms with Crippen LogP contribution in [0.5, 0.6) is 5.75 Å². The third kappa shape index (κ3) is 4.37. The largest absolute Gasteiger partial charge is 0.507 e. The van der Waals surface area contributed by atoms with Gasteiger partial charge in [0.05, 0.1) is 16.8 Å². The van der Waals surface area contributed by atoms with E-state index in [2.05, 4.69) is 46.1 Å². The zero-order valence-corrected chi connectivity index (χ0v) is 18.6. The number of fused-ring (bicyclic) bond motifs is 1. The molecule has 0 atom stereocenters. The van der Waals surface area contributed by atoms with E-state index in [1.54, 1.807) is 24.1 Å². The zero-order chi connectivity index (χ0) is 22.0. The summed E-state index contributed by atoms with van der Waals surface area (Å²) in [6, 6.07) is 11.4. The number of amides is 1. The van der Waals surface area contributed by atoms with Crippen LogP contribution in [0.3, 0.4) is 0 Å². The number of carbonyl (C=O) groups is 1. The Morgan fingerprint density at radius 2 is 1.87 bits per heavy atom. The summed E-state index contributed by atoms with van der Waals surface area (Å²) in [6.07, 6.45) is 2.95. The third-order valence-corrected chi connectivity index (χ3v) is 6.17. The zero-order valence-electron chi connectivity index (χ0n) is 18.6. The fourth-order valence-electron chi connectivity index (χ4n) is 4.06. The van der Waals surface area contributed by atoms with Gasteiger partial charge in [0.15, 0.2) is 0 Å². The maximum Gasteiger partial charge on any atom is 0.261 e. The van der Waals surface area contributed by atoms with Crippen LogP contribution < -0.4 is 9.80 Å². The van der Waals surface area contributed by atoms with Gasteiger partial charge in [-0.1, -0.05) is 13.3 Å². The Morgan fingerprint density at radius 3 is 2.55 bits per heavy atom. The standard InChI is InChI=1S/C24H31N5O2/c1-4-5-6-21-19-15-20(23(30)16-22(19)26-25-21)24(31)28(3)17-7-9-18(10-8-17)29-13-11-27(2)12-14-29/h7-10,15-16,30H,4-6,11-14H2,1-3H3,(H,25,26). The maximum absolute atomic E-state index is 13.2. The van der Waals surface area contributed by atoms with Crippen LogP contribution in [0.2, 0.25) is 0 Å². The SMILES string of the molecule is CCCCc1n[nH]c2cc(O)c(C(=O)N(C)c3ccc(N4CCN(C)CC4)cc3)cc12. The van der Waals surface area contributed by atoms with Crippen molar-refractivity contribution < 1.29 is 9.90 Å². The second-order valence-corrected chi connectivity index (χ2v) is 8.36. The lowest BCUT2D eigenvalue weighted by atomic mass is 10.1. The quantitative estimate of drug-likeness (QED) is 0.636. The molecule has 2 heterocycles. The fraction of sp³-hybridized carbons (Fsp3) is 0.417. The molecule has 0 radical (unpaired) electrons. The van der Waals surface area contributed by atoms with Crippen LogP contribution >= 0.6 is 0 Å². The number of anilines is 2. The molecule has 3 aromatic rings. The molecule has 31 heavy (non-hydrogen) atoms. The molecule has 1 saturated heterocycles. The van der Waals surface area contributed by atoms with E-state index in [9.17, 15) is 9.90 Å². The summed E-state index contributed by atoms with van der Waals surface area (Å²) in [7, 11) is 3.88. The number of benzene rings is 2. The normalized spacial score (nSPS) is 14.9. The lowest BCUT2D eigenvalue weighted by molar-refractivity contribution is 0.0990. The molecular weight excluding hydrogens is 390 g/mol. The first-order valence-corrected chi connectivity index (χ1v) is 11.0. The van der Waals surface area contributed by atoms with E-state index in [0.29, 0.717) is 0 Å². The Morgan fingerprint density at radius 1 is 1.16 bits per heavy atom. The Labute approximate surface area is 183 Å². The van der Waals surface area contributed by atoms with Crippen LogP contribution in [0.15, 0.2) is 36.4 Å².